The minimum atomic E-state index is -1.08. The van der Waals surface area contributed by atoms with E-state index in [1.165, 1.54) is 12.4 Å². The van der Waals surface area contributed by atoms with Gasteiger partial charge in [0.15, 0.2) is 11.8 Å². The summed E-state index contributed by atoms with van der Waals surface area (Å²) >= 11 is 18.3. The lowest BCUT2D eigenvalue weighted by molar-refractivity contribution is -0.138. The first-order chi connectivity index (χ1) is 15.3. The summed E-state index contributed by atoms with van der Waals surface area (Å²) in [5.74, 6) is -1.53. The molecule has 0 spiro atoms. The van der Waals surface area contributed by atoms with Crippen LogP contribution in [0, 0.1) is 0 Å². The first kappa shape index (κ1) is 22.7. The maximum absolute atomic E-state index is 13.0. The monoisotopic (exact) mass is 493 g/mol. The molecule has 2 heterocycles. The van der Waals surface area contributed by atoms with E-state index in [0.717, 1.165) is 16.8 Å². The smallest absolute Gasteiger partial charge is 0.328 e. The number of alkyl halides is 1. The van der Waals surface area contributed by atoms with Crippen molar-refractivity contribution in [3.63, 3.8) is 0 Å². The van der Waals surface area contributed by atoms with Gasteiger partial charge in [-0.05, 0) is 30.0 Å². The van der Waals surface area contributed by atoms with E-state index in [2.05, 4.69) is 9.98 Å². The first-order valence-electron chi connectivity index (χ1n) is 9.95. The summed E-state index contributed by atoms with van der Waals surface area (Å²) < 4.78 is 0. The number of rotatable bonds is 5. The number of anilines is 1. The van der Waals surface area contributed by atoms with Crippen LogP contribution < -0.4 is 4.90 Å². The Hall–Kier alpha value is -2.48. The number of ketones is 1. The minimum Gasteiger partial charge on any atom is -0.480 e. The van der Waals surface area contributed by atoms with Crippen molar-refractivity contribution < 1.29 is 19.5 Å². The zero-order valence-electron chi connectivity index (χ0n) is 16.7. The number of pyridine rings is 1. The van der Waals surface area contributed by atoms with Crippen molar-refractivity contribution >= 4 is 63.9 Å². The van der Waals surface area contributed by atoms with Gasteiger partial charge in [0.05, 0.1) is 15.6 Å². The summed E-state index contributed by atoms with van der Waals surface area (Å²) in [6.45, 7) is 0.452. The molecule has 10 heteroatoms. The lowest BCUT2D eigenvalue weighted by Gasteiger charge is -2.19. The molecule has 0 radical (unpaired) electrons. The van der Waals surface area contributed by atoms with E-state index in [9.17, 15) is 19.5 Å². The van der Waals surface area contributed by atoms with Crippen LogP contribution in [0.25, 0.3) is 0 Å². The topological polar surface area (TPSA) is 99.9 Å². The van der Waals surface area contributed by atoms with Gasteiger partial charge in [-0.2, -0.15) is 0 Å². The lowest BCUT2D eigenvalue weighted by Crippen LogP contribution is -2.29. The molecule has 1 aromatic heterocycles. The number of Topliss-reactive ketones (excluding diaryl/α,β-unsaturated/α-hetero) is 1. The van der Waals surface area contributed by atoms with E-state index in [1.54, 1.807) is 17.0 Å². The maximum atomic E-state index is 13.0. The van der Waals surface area contributed by atoms with Gasteiger partial charge in [-0.3, -0.25) is 19.6 Å². The molecule has 0 saturated heterocycles. The zero-order chi connectivity index (χ0) is 23.0. The number of fused-ring (bicyclic) bond motifs is 1. The average Bonchev–Trinajstić information content (AvgIpc) is 3.31. The number of amides is 1. The molecule has 1 saturated carbocycles. The van der Waals surface area contributed by atoms with Crippen LogP contribution in [-0.2, 0) is 22.4 Å². The van der Waals surface area contributed by atoms with Crippen LogP contribution in [0.1, 0.15) is 34.3 Å². The van der Waals surface area contributed by atoms with Crippen LogP contribution >= 0.6 is 34.8 Å². The molecule has 2 aromatic rings. The molecule has 7 nitrogen and oxygen atoms in total. The van der Waals surface area contributed by atoms with Crippen molar-refractivity contribution in [1.29, 1.82) is 0 Å². The summed E-state index contributed by atoms with van der Waals surface area (Å²) in [7, 11) is 0. The van der Waals surface area contributed by atoms with E-state index in [4.69, 9.17) is 34.8 Å². The molecule has 32 heavy (non-hydrogen) atoms. The molecule has 1 amide bonds. The Morgan fingerprint density at radius 1 is 1.19 bits per heavy atom. The summed E-state index contributed by atoms with van der Waals surface area (Å²) in [5.41, 5.74) is 3.03. The van der Waals surface area contributed by atoms with Crippen LogP contribution in [-0.4, -0.2) is 51.4 Å². The fourth-order valence-corrected chi connectivity index (χ4v) is 4.78. The molecule has 1 fully saturated rings. The Balaban J connectivity index is 1.56. The Morgan fingerprint density at radius 2 is 1.91 bits per heavy atom. The molecule has 2 aliphatic rings. The van der Waals surface area contributed by atoms with Crippen molar-refractivity contribution in [3.8, 4) is 0 Å². The zero-order valence-corrected chi connectivity index (χ0v) is 19.0. The fourth-order valence-electron chi connectivity index (χ4n) is 3.98. The standard InChI is InChI=1S/C22H18Cl3N3O4/c23-13-9-26-10-14(24)19(13)21(30)28-6-5-12-7-11(1-3-17(12)28)8-16(22(31)32)27-15-2-4-18(29)20(15)25/h1,3,7,9-10,16,20H,2,4-6,8H2,(H,31,32). The van der Waals surface area contributed by atoms with Gasteiger partial charge < -0.3 is 10.0 Å². The third kappa shape index (κ3) is 4.37. The molecular weight excluding hydrogens is 477 g/mol. The average molecular weight is 495 g/mol. The number of carbonyl (C=O) groups is 3. The number of halogens is 3. The maximum Gasteiger partial charge on any atom is 0.328 e. The Kier molecular flexibility index (Phi) is 6.51. The highest BCUT2D eigenvalue weighted by molar-refractivity contribution is 6.45. The van der Waals surface area contributed by atoms with Gasteiger partial charge >= 0.3 is 5.97 Å². The number of hydrogen-bond acceptors (Lipinski definition) is 5. The Morgan fingerprint density at radius 3 is 2.53 bits per heavy atom. The van der Waals surface area contributed by atoms with Gasteiger partial charge in [0, 0.05) is 43.2 Å². The number of aliphatic carboxylic acids is 1. The number of carboxylic acids is 1. The van der Waals surface area contributed by atoms with Gasteiger partial charge in [-0.15, -0.1) is 11.6 Å². The molecule has 1 aliphatic carbocycles. The van der Waals surface area contributed by atoms with E-state index >= 15 is 0 Å². The number of carboxylic acid groups (broad SMARTS) is 1. The van der Waals surface area contributed by atoms with Crippen molar-refractivity contribution in [2.75, 3.05) is 11.4 Å². The minimum absolute atomic E-state index is 0.133. The van der Waals surface area contributed by atoms with Gasteiger partial charge in [0.25, 0.3) is 5.91 Å². The van der Waals surface area contributed by atoms with Crippen molar-refractivity contribution in [2.45, 2.75) is 37.1 Å². The summed E-state index contributed by atoms with van der Waals surface area (Å²) in [5, 5.41) is 9.13. The summed E-state index contributed by atoms with van der Waals surface area (Å²) in [4.78, 5) is 46.2. The Labute approximate surface area is 199 Å². The third-order valence-corrected chi connectivity index (χ3v) is 6.66. The van der Waals surface area contributed by atoms with Crippen LogP contribution in [0.5, 0.6) is 0 Å². The molecule has 4 rings (SSSR count). The van der Waals surface area contributed by atoms with Crippen molar-refractivity contribution in [1.82, 2.24) is 4.98 Å². The number of aromatic nitrogens is 1. The van der Waals surface area contributed by atoms with Crippen LogP contribution in [0.15, 0.2) is 35.6 Å². The second-order valence-corrected chi connectivity index (χ2v) is 8.91. The Bertz CT molecular complexity index is 1130. The molecule has 0 bridgehead atoms. The number of aliphatic imine (C=N–C) groups is 1. The molecular formula is C22H18Cl3N3O4. The van der Waals surface area contributed by atoms with Gasteiger partial charge in [0.1, 0.15) is 5.38 Å². The van der Waals surface area contributed by atoms with E-state index < -0.39 is 17.4 Å². The van der Waals surface area contributed by atoms with E-state index in [-0.39, 0.29) is 40.1 Å². The fraction of sp³-hybridized carbons (Fsp3) is 0.318. The lowest BCUT2D eigenvalue weighted by atomic mass is 10.0. The van der Waals surface area contributed by atoms with E-state index in [1.807, 2.05) is 6.07 Å². The largest absolute Gasteiger partial charge is 0.480 e. The number of benzene rings is 1. The van der Waals surface area contributed by atoms with Crippen molar-refractivity contribution in [3.05, 3.63) is 57.3 Å². The second kappa shape index (κ2) is 9.17. The van der Waals surface area contributed by atoms with Crippen molar-refractivity contribution in [2.24, 2.45) is 4.99 Å². The van der Waals surface area contributed by atoms with Crippen LogP contribution in [0.2, 0.25) is 10.0 Å². The molecule has 1 N–H and O–H groups in total. The highest BCUT2D eigenvalue weighted by atomic mass is 35.5. The summed E-state index contributed by atoms with van der Waals surface area (Å²) in [6.07, 6.45) is 4.18. The van der Waals surface area contributed by atoms with Gasteiger partial charge in [-0.25, -0.2) is 4.79 Å². The predicted octanol–water partition coefficient (Wildman–Crippen LogP) is 4.00. The quantitative estimate of drug-likeness (QED) is 0.633. The number of nitrogens with zero attached hydrogens (tertiary/aromatic N) is 3. The van der Waals surface area contributed by atoms with E-state index in [0.29, 0.717) is 25.1 Å². The highest BCUT2D eigenvalue weighted by Gasteiger charge is 2.32. The molecule has 2 atom stereocenters. The summed E-state index contributed by atoms with van der Waals surface area (Å²) in [6, 6.07) is 4.40. The number of carbonyl (C=O) groups excluding carboxylic acids is 2. The molecule has 2 unspecified atom stereocenters. The first-order valence-corrected chi connectivity index (χ1v) is 11.1. The SMILES string of the molecule is O=C(O)C(Cc1ccc2c(c1)CCN2C(=O)c1c(Cl)cncc1Cl)N=C1CCC(=O)C1Cl. The normalized spacial score (nSPS) is 20.0. The van der Waals surface area contributed by atoms with Gasteiger partial charge in [0.2, 0.25) is 0 Å². The van der Waals surface area contributed by atoms with Crippen LogP contribution in [0.3, 0.4) is 0 Å². The van der Waals surface area contributed by atoms with Gasteiger partial charge in [-0.1, -0.05) is 35.3 Å². The molecule has 166 valence electrons. The third-order valence-electron chi connectivity index (χ3n) is 5.59. The highest BCUT2D eigenvalue weighted by Crippen LogP contribution is 2.33. The second-order valence-electron chi connectivity index (χ2n) is 7.66. The van der Waals surface area contributed by atoms with Crippen LogP contribution in [0.4, 0.5) is 5.69 Å². The number of hydrogen-bond donors (Lipinski definition) is 1. The predicted molar refractivity (Wildman–Crippen MR) is 123 cm³/mol. The molecule has 1 aliphatic heterocycles. The molecule has 1 aromatic carbocycles.